The van der Waals surface area contributed by atoms with E-state index < -0.39 is 0 Å². The SMILES string of the molecule is CN(CCOc1ccccc1CN)Cc1cccs1. The fraction of sp³-hybridized carbons (Fsp3) is 0.333. The van der Waals surface area contributed by atoms with E-state index in [0.717, 1.165) is 24.4 Å². The van der Waals surface area contributed by atoms with Crippen LogP contribution in [0.2, 0.25) is 0 Å². The van der Waals surface area contributed by atoms with Crippen molar-refractivity contribution in [2.75, 3.05) is 20.2 Å². The average Bonchev–Trinajstić information content (AvgIpc) is 2.92. The fourth-order valence-electron chi connectivity index (χ4n) is 1.87. The monoisotopic (exact) mass is 276 g/mol. The van der Waals surface area contributed by atoms with Crippen molar-refractivity contribution in [1.29, 1.82) is 0 Å². The van der Waals surface area contributed by atoms with Gasteiger partial charge in [0.15, 0.2) is 0 Å². The van der Waals surface area contributed by atoms with Crippen LogP contribution in [0, 0.1) is 0 Å². The molecule has 0 aliphatic rings. The molecule has 2 rings (SSSR count). The van der Waals surface area contributed by atoms with Crippen molar-refractivity contribution < 1.29 is 4.74 Å². The molecule has 102 valence electrons. The molecule has 4 heteroatoms. The number of para-hydroxylation sites is 1. The molecule has 0 aliphatic carbocycles. The van der Waals surface area contributed by atoms with Crippen LogP contribution in [0.5, 0.6) is 5.75 Å². The molecule has 0 atom stereocenters. The van der Waals surface area contributed by atoms with E-state index in [9.17, 15) is 0 Å². The Hall–Kier alpha value is -1.36. The highest BCUT2D eigenvalue weighted by molar-refractivity contribution is 7.09. The van der Waals surface area contributed by atoms with Gasteiger partial charge in [-0.05, 0) is 24.6 Å². The van der Waals surface area contributed by atoms with Crippen LogP contribution in [0.25, 0.3) is 0 Å². The summed E-state index contributed by atoms with van der Waals surface area (Å²) in [4.78, 5) is 3.64. The first-order chi connectivity index (χ1) is 9.29. The first kappa shape index (κ1) is 14.1. The standard InChI is InChI=1S/C15H20N2OS/c1-17(12-14-6-4-10-19-14)8-9-18-15-7-3-2-5-13(15)11-16/h2-7,10H,8-9,11-12,16H2,1H3. The van der Waals surface area contributed by atoms with Crippen molar-refractivity contribution in [2.24, 2.45) is 5.73 Å². The number of hydrogen-bond donors (Lipinski definition) is 1. The van der Waals surface area contributed by atoms with Gasteiger partial charge >= 0.3 is 0 Å². The van der Waals surface area contributed by atoms with Gasteiger partial charge in [-0.3, -0.25) is 4.90 Å². The number of ether oxygens (including phenoxy) is 1. The van der Waals surface area contributed by atoms with E-state index in [0.29, 0.717) is 13.2 Å². The molecule has 19 heavy (non-hydrogen) atoms. The Morgan fingerprint density at radius 2 is 2.05 bits per heavy atom. The lowest BCUT2D eigenvalue weighted by Crippen LogP contribution is -2.23. The third kappa shape index (κ3) is 4.35. The molecule has 0 spiro atoms. The third-order valence-electron chi connectivity index (χ3n) is 2.93. The highest BCUT2D eigenvalue weighted by atomic mass is 32.1. The Morgan fingerprint density at radius 1 is 1.21 bits per heavy atom. The highest BCUT2D eigenvalue weighted by Gasteiger charge is 2.03. The van der Waals surface area contributed by atoms with Gasteiger partial charge < -0.3 is 10.5 Å². The number of rotatable bonds is 7. The minimum atomic E-state index is 0.515. The summed E-state index contributed by atoms with van der Waals surface area (Å²) in [7, 11) is 2.11. The molecule has 0 bridgehead atoms. The average molecular weight is 276 g/mol. The molecular formula is C15H20N2OS. The Kier molecular flexibility index (Phi) is 5.39. The molecule has 2 aromatic rings. The van der Waals surface area contributed by atoms with Crippen LogP contribution in [0.1, 0.15) is 10.4 Å². The van der Waals surface area contributed by atoms with E-state index in [-0.39, 0.29) is 0 Å². The van der Waals surface area contributed by atoms with E-state index in [1.54, 1.807) is 11.3 Å². The second kappa shape index (κ2) is 7.28. The summed E-state index contributed by atoms with van der Waals surface area (Å²) < 4.78 is 5.80. The summed E-state index contributed by atoms with van der Waals surface area (Å²) in [5.41, 5.74) is 6.74. The summed E-state index contributed by atoms with van der Waals surface area (Å²) in [6.45, 7) is 3.07. The number of benzene rings is 1. The van der Waals surface area contributed by atoms with Crippen LogP contribution in [0.3, 0.4) is 0 Å². The molecule has 1 heterocycles. The Balaban J connectivity index is 1.76. The van der Waals surface area contributed by atoms with Gasteiger partial charge in [0, 0.05) is 30.1 Å². The minimum absolute atomic E-state index is 0.515. The van der Waals surface area contributed by atoms with Crippen LogP contribution in [0.4, 0.5) is 0 Å². The van der Waals surface area contributed by atoms with Gasteiger partial charge in [-0.25, -0.2) is 0 Å². The van der Waals surface area contributed by atoms with Crippen LogP contribution in [0.15, 0.2) is 41.8 Å². The lowest BCUT2D eigenvalue weighted by atomic mass is 10.2. The summed E-state index contributed by atoms with van der Waals surface area (Å²) in [5.74, 6) is 0.898. The van der Waals surface area contributed by atoms with E-state index in [1.165, 1.54) is 4.88 Å². The predicted octanol–water partition coefficient (Wildman–Crippen LogP) is 2.72. The minimum Gasteiger partial charge on any atom is -0.492 e. The molecule has 0 aliphatic heterocycles. The normalized spacial score (nSPS) is 10.9. The topological polar surface area (TPSA) is 38.5 Å². The molecule has 0 radical (unpaired) electrons. The maximum absolute atomic E-state index is 5.80. The largest absolute Gasteiger partial charge is 0.492 e. The first-order valence-corrected chi connectivity index (χ1v) is 7.29. The van der Waals surface area contributed by atoms with Gasteiger partial charge in [0.25, 0.3) is 0 Å². The van der Waals surface area contributed by atoms with Crippen LogP contribution in [-0.2, 0) is 13.1 Å². The van der Waals surface area contributed by atoms with Crippen LogP contribution < -0.4 is 10.5 Å². The molecule has 0 saturated carbocycles. The third-order valence-corrected chi connectivity index (χ3v) is 3.79. The maximum Gasteiger partial charge on any atom is 0.123 e. The Labute approximate surface area is 118 Å². The molecule has 1 aromatic carbocycles. The fourth-order valence-corrected chi connectivity index (χ4v) is 2.66. The number of nitrogens with zero attached hydrogens (tertiary/aromatic N) is 1. The van der Waals surface area contributed by atoms with Crippen molar-refractivity contribution in [1.82, 2.24) is 4.90 Å². The van der Waals surface area contributed by atoms with Crippen LogP contribution in [-0.4, -0.2) is 25.1 Å². The van der Waals surface area contributed by atoms with E-state index >= 15 is 0 Å². The number of hydrogen-bond acceptors (Lipinski definition) is 4. The zero-order chi connectivity index (χ0) is 13.5. The molecule has 1 aromatic heterocycles. The molecule has 0 fully saturated rings. The summed E-state index contributed by atoms with van der Waals surface area (Å²) in [6, 6.07) is 12.2. The smallest absolute Gasteiger partial charge is 0.123 e. The summed E-state index contributed by atoms with van der Waals surface area (Å²) in [5, 5.41) is 2.11. The predicted molar refractivity (Wildman–Crippen MR) is 80.5 cm³/mol. The van der Waals surface area contributed by atoms with Gasteiger partial charge in [-0.2, -0.15) is 0 Å². The van der Waals surface area contributed by atoms with Gasteiger partial charge in [0.1, 0.15) is 12.4 Å². The Morgan fingerprint density at radius 3 is 2.79 bits per heavy atom. The first-order valence-electron chi connectivity index (χ1n) is 6.41. The molecule has 0 unspecified atom stereocenters. The van der Waals surface area contributed by atoms with Crippen molar-refractivity contribution in [2.45, 2.75) is 13.1 Å². The van der Waals surface area contributed by atoms with Crippen molar-refractivity contribution in [3.05, 3.63) is 52.2 Å². The van der Waals surface area contributed by atoms with E-state index in [4.69, 9.17) is 10.5 Å². The second-order valence-electron chi connectivity index (χ2n) is 4.48. The molecule has 0 saturated heterocycles. The summed E-state index contributed by atoms with van der Waals surface area (Å²) >= 11 is 1.79. The van der Waals surface area contributed by atoms with Crippen LogP contribution >= 0.6 is 11.3 Å². The molecular weight excluding hydrogens is 256 g/mol. The van der Waals surface area contributed by atoms with E-state index in [1.807, 2.05) is 24.3 Å². The van der Waals surface area contributed by atoms with Crippen molar-refractivity contribution in [3.8, 4) is 5.75 Å². The van der Waals surface area contributed by atoms with Crippen molar-refractivity contribution in [3.63, 3.8) is 0 Å². The number of thiophene rings is 1. The zero-order valence-corrected chi connectivity index (χ0v) is 12.0. The Bertz CT molecular complexity index is 485. The number of nitrogens with two attached hydrogens (primary N) is 1. The quantitative estimate of drug-likeness (QED) is 0.845. The zero-order valence-electron chi connectivity index (χ0n) is 11.2. The lowest BCUT2D eigenvalue weighted by Gasteiger charge is -2.17. The summed E-state index contributed by atoms with van der Waals surface area (Å²) in [6.07, 6.45) is 0. The lowest BCUT2D eigenvalue weighted by molar-refractivity contribution is 0.232. The van der Waals surface area contributed by atoms with Gasteiger partial charge in [-0.15, -0.1) is 11.3 Å². The molecule has 3 nitrogen and oxygen atoms in total. The van der Waals surface area contributed by atoms with E-state index in [2.05, 4.69) is 29.5 Å². The molecule has 0 amide bonds. The van der Waals surface area contributed by atoms with Gasteiger partial charge in [0.05, 0.1) is 0 Å². The second-order valence-corrected chi connectivity index (χ2v) is 5.51. The molecule has 2 N–H and O–H groups in total. The number of likely N-dealkylation sites (N-methyl/N-ethyl adjacent to an activating group) is 1. The van der Waals surface area contributed by atoms with Gasteiger partial charge in [0.2, 0.25) is 0 Å². The maximum atomic E-state index is 5.80. The van der Waals surface area contributed by atoms with Crippen molar-refractivity contribution >= 4 is 11.3 Å². The highest BCUT2D eigenvalue weighted by Crippen LogP contribution is 2.17. The van der Waals surface area contributed by atoms with Gasteiger partial charge in [-0.1, -0.05) is 24.3 Å².